The van der Waals surface area contributed by atoms with Crippen molar-refractivity contribution in [2.45, 2.75) is 19.9 Å². The zero-order chi connectivity index (χ0) is 17.3. The van der Waals surface area contributed by atoms with Gasteiger partial charge < -0.3 is 14.4 Å². The molecule has 0 aliphatic rings. The summed E-state index contributed by atoms with van der Waals surface area (Å²) >= 11 is 6.29. The van der Waals surface area contributed by atoms with Crippen LogP contribution in [-0.2, 0) is 17.8 Å². The van der Waals surface area contributed by atoms with Crippen LogP contribution in [0.1, 0.15) is 16.8 Å². The highest BCUT2D eigenvalue weighted by atomic mass is 35.5. The lowest BCUT2D eigenvalue weighted by Gasteiger charge is -2.10. The van der Waals surface area contributed by atoms with Crippen LogP contribution in [0.15, 0.2) is 42.5 Å². The lowest BCUT2D eigenvalue weighted by atomic mass is 10.1. The number of aromatic nitrogens is 1. The van der Waals surface area contributed by atoms with Crippen molar-refractivity contribution in [3.63, 3.8) is 0 Å². The molecule has 0 aliphatic carbocycles. The molecule has 1 aromatic heterocycles. The number of halogens is 1. The number of carboxylic acids is 1. The third-order valence-corrected chi connectivity index (χ3v) is 4.64. The molecule has 0 saturated heterocycles. The second-order valence-corrected chi connectivity index (χ2v) is 6.10. The predicted molar refractivity (Wildman–Crippen MR) is 95.1 cm³/mol. The molecule has 1 heterocycles. The van der Waals surface area contributed by atoms with E-state index in [1.807, 2.05) is 49.4 Å². The van der Waals surface area contributed by atoms with Crippen LogP contribution in [0.25, 0.3) is 10.9 Å². The van der Waals surface area contributed by atoms with Crippen molar-refractivity contribution >= 4 is 28.5 Å². The van der Waals surface area contributed by atoms with Gasteiger partial charge in [-0.25, -0.2) is 0 Å². The molecule has 5 heteroatoms. The quantitative estimate of drug-likeness (QED) is 0.752. The van der Waals surface area contributed by atoms with E-state index in [2.05, 4.69) is 4.57 Å². The topological polar surface area (TPSA) is 51.5 Å². The van der Waals surface area contributed by atoms with E-state index in [1.165, 1.54) is 0 Å². The van der Waals surface area contributed by atoms with E-state index in [1.54, 1.807) is 7.11 Å². The minimum atomic E-state index is -0.849. The first-order valence-electron chi connectivity index (χ1n) is 7.62. The smallest absolute Gasteiger partial charge is 0.307 e. The molecular weight excluding hydrogens is 326 g/mol. The molecule has 0 bridgehead atoms. The number of ether oxygens (including phenoxy) is 1. The Hall–Kier alpha value is -2.46. The lowest BCUT2D eigenvalue weighted by molar-refractivity contribution is -0.136. The summed E-state index contributed by atoms with van der Waals surface area (Å²) in [6.07, 6.45) is -0.0228. The van der Waals surface area contributed by atoms with Crippen molar-refractivity contribution in [1.29, 1.82) is 0 Å². The summed E-state index contributed by atoms with van der Waals surface area (Å²) < 4.78 is 7.40. The summed E-state index contributed by atoms with van der Waals surface area (Å²) in [7, 11) is 1.60. The van der Waals surface area contributed by atoms with Crippen LogP contribution in [0.3, 0.4) is 0 Å². The van der Waals surface area contributed by atoms with Crippen molar-refractivity contribution in [1.82, 2.24) is 4.57 Å². The van der Waals surface area contributed by atoms with Gasteiger partial charge in [-0.1, -0.05) is 29.8 Å². The SMILES string of the molecule is COc1ccc2c(c1)c(CC(=O)O)c(C)n2Cc1ccccc1Cl. The largest absolute Gasteiger partial charge is 0.497 e. The minimum Gasteiger partial charge on any atom is -0.497 e. The number of carbonyl (C=O) groups is 1. The maximum absolute atomic E-state index is 11.3. The van der Waals surface area contributed by atoms with Crippen molar-refractivity contribution in [2.24, 2.45) is 0 Å². The average molecular weight is 344 g/mol. The summed E-state index contributed by atoms with van der Waals surface area (Å²) in [6.45, 7) is 2.54. The highest BCUT2D eigenvalue weighted by Crippen LogP contribution is 2.31. The number of hydrogen-bond donors (Lipinski definition) is 1. The fraction of sp³-hybridized carbons (Fsp3) is 0.211. The number of carboxylic acid groups (broad SMARTS) is 1. The molecule has 0 aliphatic heterocycles. The molecule has 0 atom stereocenters. The predicted octanol–water partition coefficient (Wildman–Crippen LogP) is 4.29. The first-order chi connectivity index (χ1) is 11.5. The molecule has 1 N–H and O–H groups in total. The Morgan fingerprint density at radius 1 is 1.25 bits per heavy atom. The average Bonchev–Trinajstić information content (AvgIpc) is 2.81. The first kappa shape index (κ1) is 16.4. The number of aliphatic carboxylic acids is 1. The van der Waals surface area contributed by atoms with Gasteiger partial charge in [0.25, 0.3) is 0 Å². The van der Waals surface area contributed by atoms with Gasteiger partial charge in [0.2, 0.25) is 0 Å². The van der Waals surface area contributed by atoms with E-state index in [0.29, 0.717) is 17.3 Å². The highest BCUT2D eigenvalue weighted by Gasteiger charge is 2.17. The molecule has 3 rings (SSSR count). The number of fused-ring (bicyclic) bond motifs is 1. The molecule has 0 radical (unpaired) electrons. The van der Waals surface area contributed by atoms with Gasteiger partial charge in [-0.05, 0) is 42.3 Å². The molecule has 4 nitrogen and oxygen atoms in total. The molecule has 124 valence electrons. The van der Waals surface area contributed by atoms with Gasteiger partial charge in [-0.2, -0.15) is 0 Å². The van der Waals surface area contributed by atoms with Gasteiger partial charge >= 0.3 is 5.97 Å². The maximum Gasteiger partial charge on any atom is 0.307 e. The summed E-state index contributed by atoms with van der Waals surface area (Å²) in [5.41, 5.74) is 3.71. The van der Waals surface area contributed by atoms with Crippen LogP contribution >= 0.6 is 11.6 Å². The molecule has 0 spiro atoms. The Kier molecular flexibility index (Phi) is 4.49. The van der Waals surface area contributed by atoms with E-state index in [4.69, 9.17) is 16.3 Å². The van der Waals surface area contributed by atoms with Crippen molar-refractivity contribution in [2.75, 3.05) is 7.11 Å². The second-order valence-electron chi connectivity index (χ2n) is 5.70. The molecule has 2 aromatic carbocycles. The Labute approximate surface area is 145 Å². The van der Waals surface area contributed by atoms with Crippen LogP contribution in [0.4, 0.5) is 0 Å². The first-order valence-corrected chi connectivity index (χ1v) is 8.00. The summed E-state index contributed by atoms with van der Waals surface area (Å²) in [5.74, 6) is -0.137. The lowest BCUT2D eigenvalue weighted by Crippen LogP contribution is -2.05. The Morgan fingerprint density at radius 2 is 2.00 bits per heavy atom. The third kappa shape index (κ3) is 2.97. The van der Waals surface area contributed by atoms with E-state index in [0.717, 1.165) is 27.7 Å². The number of benzene rings is 2. The van der Waals surface area contributed by atoms with Crippen molar-refractivity contribution < 1.29 is 14.6 Å². The fourth-order valence-corrected chi connectivity index (χ4v) is 3.23. The van der Waals surface area contributed by atoms with Crippen LogP contribution < -0.4 is 4.74 Å². The Morgan fingerprint density at radius 3 is 2.67 bits per heavy atom. The van der Waals surface area contributed by atoms with E-state index in [-0.39, 0.29) is 6.42 Å². The second kappa shape index (κ2) is 6.57. The van der Waals surface area contributed by atoms with Gasteiger partial charge in [0.1, 0.15) is 5.75 Å². The van der Waals surface area contributed by atoms with Crippen LogP contribution in [0.5, 0.6) is 5.75 Å². The fourth-order valence-electron chi connectivity index (χ4n) is 3.03. The van der Waals surface area contributed by atoms with E-state index >= 15 is 0 Å². The maximum atomic E-state index is 11.3. The normalized spacial score (nSPS) is 11.0. The molecule has 3 aromatic rings. The minimum absolute atomic E-state index is 0.0228. The third-order valence-electron chi connectivity index (χ3n) is 4.28. The number of rotatable bonds is 5. The Balaban J connectivity index is 2.18. The standard InChI is InChI=1S/C19H18ClNO3/c1-12-15(10-19(22)23)16-9-14(24-2)7-8-18(16)21(12)11-13-5-3-4-6-17(13)20/h3-9H,10-11H2,1-2H3,(H,22,23). The van der Waals surface area contributed by atoms with Gasteiger partial charge in [0.05, 0.1) is 13.5 Å². The van der Waals surface area contributed by atoms with Gasteiger partial charge in [0, 0.05) is 28.2 Å². The van der Waals surface area contributed by atoms with Crippen LogP contribution in [-0.4, -0.2) is 22.8 Å². The highest BCUT2D eigenvalue weighted by molar-refractivity contribution is 6.31. The van der Waals surface area contributed by atoms with Crippen molar-refractivity contribution in [3.05, 3.63) is 64.3 Å². The Bertz CT molecular complexity index is 914. The molecule has 0 fully saturated rings. The van der Waals surface area contributed by atoms with Crippen LogP contribution in [0.2, 0.25) is 5.02 Å². The summed E-state index contributed by atoms with van der Waals surface area (Å²) in [4.78, 5) is 11.3. The number of hydrogen-bond acceptors (Lipinski definition) is 2. The number of methoxy groups -OCH3 is 1. The van der Waals surface area contributed by atoms with Gasteiger partial charge in [-0.3, -0.25) is 4.79 Å². The molecule has 24 heavy (non-hydrogen) atoms. The van der Waals surface area contributed by atoms with E-state index in [9.17, 15) is 9.90 Å². The van der Waals surface area contributed by atoms with Crippen molar-refractivity contribution in [3.8, 4) is 5.75 Å². The molecule has 0 saturated carbocycles. The molecule has 0 amide bonds. The summed E-state index contributed by atoms with van der Waals surface area (Å²) in [5, 5.41) is 10.9. The van der Waals surface area contributed by atoms with Gasteiger partial charge in [-0.15, -0.1) is 0 Å². The monoisotopic (exact) mass is 343 g/mol. The zero-order valence-electron chi connectivity index (χ0n) is 13.5. The summed E-state index contributed by atoms with van der Waals surface area (Å²) in [6, 6.07) is 13.4. The molecule has 0 unspecified atom stereocenters. The zero-order valence-corrected chi connectivity index (χ0v) is 14.3. The van der Waals surface area contributed by atoms with E-state index < -0.39 is 5.97 Å². The van der Waals surface area contributed by atoms with Crippen LogP contribution in [0, 0.1) is 6.92 Å². The number of nitrogens with zero attached hydrogens (tertiary/aromatic N) is 1. The van der Waals surface area contributed by atoms with Gasteiger partial charge in [0.15, 0.2) is 0 Å². The molecular formula is C19H18ClNO3.